The highest BCUT2D eigenvalue weighted by molar-refractivity contribution is 6.05. The molecule has 1 saturated heterocycles. The minimum atomic E-state index is -0.578. The molecule has 0 unspecified atom stereocenters. The Hall–Kier alpha value is -4.61. The lowest BCUT2D eigenvalue weighted by Gasteiger charge is -2.34. The molecule has 4 heterocycles. The van der Waals surface area contributed by atoms with E-state index in [-0.39, 0.29) is 31.5 Å². The maximum Gasteiger partial charge on any atom is 0.410 e. The number of imidazole rings is 1. The molecule has 5 rings (SSSR count). The van der Waals surface area contributed by atoms with Gasteiger partial charge < -0.3 is 18.8 Å². The molecule has 1 fully saturated rings. The Morgan fingerprint density at radius 3 is 2.46 bits per heavy atom. The Morgan fingerprint density at radius 1 is 1.00 bits per heavy atom. The number of hydrogen-bond acceptors (Lipinski definition) is 8. The lowest BCUT2D eigenvalue weighted by Crippen LogP contribution is -2.52. The molecule has 12 heteroatoms. The van der Waals surface area contributed by atoms with E-state index in [9.17, 15) is 14.4 Å². The Balaban J connectivity index is 1.35. The normalized spacial score (nSPS) is 15.3. The first-order valence-electron chi connectivity index (χ1n) is 13.3. The van der Waals surface area contributed by atoms with E-state index in [0.717, 1.165) is 11.1 Å². The molecule has 2 aromatic heterocycles. The van der Waals surface area contributed by atoms with Crippen LogP contribution in [-0.2, 0) is 36.2 Å². The predicted octanol–water partition coefficient (Wildman–Crippen LogP) is 4.11. The van der Waals surface area contributed by atoms with Gasteiger partial charge in [0, 0.05) is 44.4 Å². The summed E-state index contributed by atoms with van der Waals surface area (Å²) in [5, 5.41) is 0. The Bertz CT molecular complexity index is 1510. The molecule has 0 aliphatic carbocycles. The zero-order valence-electron chi connectivity index (χ0n) is 24.1. The number of ether oxygens (including phenoxy) is 3. The number of fused-ring (bicyclic) bond motifs is 1. The highest BCUT2D eigenvalue weighted by Gasteiger charge is 2.35. The third-order valence-electron chi connectivity index (χ3n) is 7.06. The van der Waals surface area contributed by atoms with Gasteiger partial charge in [-0.25, -0.2) is 14.6 Å². The van der Waals surface area contributed by atoms with Crippen molar-refractivity contribution in [2.24, 2.45) is 7.05 Å². The van der Waals surface area contributed by atoms with E-state index in [4.69, 9.17) is 14.2 Å². The van der Waals surface area contributed by atoms with Gasteiger partial charge in [0.05, 0.1) is 33.5 Å². The smallest absolute Gasteiger partial charge is 0.410 e. The summed E-state index contributed by atoms with van der Waals surface area (Å²) in [5.41, 5.74) is 2.63. The van der Waals surface area contributed by atoms with Crippen LogP contribution in [0.5, 0.6) is 11.5 Å². The number of amides is 4. The van der Waals surface area contributed by atoms with Gasteiger partial charge in [0.2, 0.25) is 5.91 Å². The molecule has 2 aliphatic heterocycles. The van der Waals surface area contributed by atoms with Gasteiger partial charge in [-0.05, 0) is 50.1 Å². The number of hydrogen-bond donors (Lipinski definition) is 0. The fourth-order valence-corrected chi connectivity index (χ4v) is 4.96. The number of methoxy groups -OCH3 is 2. The predicted molar refractivity (Wildman–Crippen MR) is 149 cm³/mol. The van der Waals surface area contributed by atoms with Crippen molar-refractivity contribution < 1.29 is 28.6 Å². The van der Waals surface area contributed by atoms with Gasteiger partial charge in [-0.2, -0.15) is 0 Å². The molecule has 1 aromatic carbocycles. The average molecular weight is 563 g/mol. The summed E-state index contributed by atoms with van der Waals surface area (Å²) in [6.45, 7) is 6.64. The van der Waals surface area contributed by atoms with Crippen molar-refractivity contribution in [1.29, 1.82) is 0 Å². The van der Waals surface area contributed by atoms with Crippen LogP contribution in [0.3, 0.4) is 0 Å². The van der Waals surface area contributed by atoms with Crippen molar-refractivity contribution in [2.45, 2.75) is 52.4 Å². The van der Waals surface area contributed by atoms with Crippen LogP contribution >= 0.6 is 0 Å². The van der Waals surface area contributed by atoms with Gasteiger partial charge in [0.25, 0.3) is 0 Å². The third kappa shape index (κ3) is 5.54. The molecular weight excluding hydrogens is 528 g/mol. The van der Waals surface area contributed by atoms with E-state index < -0.39 is 11.6 Å². The summed E-state index contributed by atoms with van der Waals surface area (Å²) in [5.74, 6) is 1.98. The van der Waals surface area contributed by atoms with Crippen molar-refractivity contribution in [2.75, 3.05) is 25.7 Å². The van der Waals surface area contributed by atoms with Crippen molar-refractivity contribution in [3.8, 4) is 23.0 Å². The summed E-state index contributed by atoms with van der Waals surface area (Å²) in [4.78, 5) is 52.5. The SMILES string of the molecule is COc1ccc(CN2C(=O)CCN(c3cnc(-c4cc5c(cn4)CN(C(=O)OC(C)(C)C)C5)n3C)C2=O)c(OC)c1. The molecule has 3 aromatic rings. The van der Waals surface area contributed by atoms with Crippen LogP contribution in [0, 0.1) is 0 Å². The van der Waals surface area contributed by atoms with Gasteiger partial charge in [-0.3, -0.25) is 24.5 Å². The second-order valence-electron chi connectivity index (χ2n) is 11.0. The number of imide groups is 1. The minimum absolute atomic E-state index is 0.0621. The van der Waals surface area contributed by atoms with E-state index in [2.05, 4.69) is 9.97 Å². The fraction of sp³-hybridized carbons (Fsp3) is 0.414. The van der Waals surface area contributed by atoms with Gasteiger partial charge >= 0.3 is 12.1 Å². The first-order chi connectivity index (χ1) is 19.5. The molecule has 12 nitrogen and oxygen atoms in total. The van der Waals surface area contributed by atoms with Crippen molar-refractivity contribution in [1.82, 2.24) is 24.3 Å². The first kappa shape index (κ1) is 27.9. The monoisotopic (exact) mass is 562 g/mol. The van der Waals surface area contributed by atoms with Crippen LogP contribution in [0.1, 0.15) is 43.9 Å². The highest BCUT2D eigenvalue weighted by atomic mass is 16.6. The summed E-state index contributed by atoms with van der Waals surface area (Å²) in [6, 6.07) is 6.73. The summed E-state index contributed by atoms with van der Waals surface area (Å²) >= 11 is 0. The van der Waals surface area contributed by atoms with Crippen LogP contribution in [0.15, 0.2) is 36.7 Å². The van der Waals surface area contributed by atoms with Crippen molar-refractivity contribution >= 4 is 23.8 Å². The Morgan fingerprint density at radius 2 is 1.76 bits per heavy atom. The van der Waals surface area contributed by atoms with Crippen LogP contribution in [0.25, 0.3) is 11.5 Å². The van der Waals surface area contributed by atoms with Crippen LogP contribution in [-0.4, -0.2) is 68.7 Å². The maximum atomic E-state index is 13.6. The quantitative estimate of drug-likeness (QED) is 0.440. The van der Waals surface area contributed by atoms with Crippen molar-refractivity contribution in [3.05, 3.63) is 53.3 Å². The number of carbonyl (C=O) groups excluding carboxylic acids is 3. The summed E-state index contributed by atoms with van der Waals surface area (Å²) in [7, 11) is 4.90. The van der Waals surface area contributed by atoms with E-state index in [1.165, 1.54) is 12.0 Å². The van der Waals surface area contributed by atoms with E-state index in [0.29, 0.717) is 47.5 Å². The molecule has 0 bridgehead atoms. The average Bonchev–Trinajstić information content (AvgIpc) is 3.53. The standard InChI is InChI=1S/C29H34N6O6/c1-29(2,3)41-28(38)33-15-19-11-22(30-13-20(19)16-33)26-31-14-24(32(26)4)34-10-9-25(36)35(27(34)37)17-18-7-8-21(39-5)12-23(18)40-6/h7-8,11-14H,9-10,15-17H2,1-6H3. The number of urea groups is 1. The van der Waals surface area contributed by atoms with Gasteiger partial charge in [-0.1, -0.05) is 0 Å². The maximum absolute atomic E-state index is 13.6. The van der Waals surface area contributed by atoms with E-state index in [1.54, 1.807) is 59.1 Å². The fourth-order valence-electron chi connectivity index (χ4n) is 4.96. The molecule has 216 valence electrons. The van der Waals surface area contributed by atoms with E-state index >= 15 is 0 Å². The third-order valence-corrected chi connectivity index (χ3v) is 7.06. The lowest BCUT2D eigenvalue weighted by molar-refractivity contribution is -0.129. The molecule has 2 aliphatic rings. The summed E-state index contributed by atoms with van der Waals surface area (Å²) < 4.78 is 18.0. The zero-order chi connectivity index (χ0) is 29.5. The second kappa shape index (κ2) is 10.8. The molecular formula is C29H34N6O6. The van der Waals surface area contributed by atoms with Gasteiger partial charge in [0.15, 0.2) is 5.82 Å². The number of rotatable bonds is 6. The number of aromatic nitrogens is 3. The molecule has 0 N–H and O–H groups in total. The summed E-state index contributed by atoms with van der Waals surface area (Å²) in [6.07, 6.45) is 3.15. The molecule has 41 heavy (non-hydrogen) atoms. The van der Waals surface area contributed by atoms with Crippen LogP contribution in [0.2, 0.25) is 0 Å². The number of pyridine rings is 1. The van der Waals surface area contributed by atoms with Gasteiger partial charge in [0.1, 0.15) is 28.6 Å². The Kier molecular flexibility index (Phi) is 7.33. The number of nitrogens with zero attached hydrogens (tertiary/aromatic N) is 6. The molecule has 0 saturated carbocycles. The number of benzene rings is 1. The van der Waals surface area contributed by atoms with Crippen molar-refractivity contribution in [3.63, 3.8) is 0 Å². The topological polar surface area (TPSA) is 119 Å². The molecule has 0 spiro atoms. The van der Waals surface area contributed by atoms with E-state index in [1.807, 2.05) is 26.8 Å². The molecule has 0 radical (unpaired) electrons. The van der Waals surface area contributed by atoms with Crippen LogP contribution < -0.4 is 14.4 Å². The lowest BCUT2D eigenvalue weighted by atomic mass is 10.1. The second-order valence-corrected chi connectivity index (χ2v) is 11.0. The van der Waals surface area contributed by atoms with Gasteiger partial charge in [-0.15, -0.1) is 0 Å². The highest BCUT2D eigenvalue weighted by Crippen LogP contribution is 2.31. The number of carbonyl (C=O) groups is 3. The molecule has 0 atom stereocenters. The molecule has 4 amide bonds. The van der Waals surface area contributed by atoms with Crippen LogP contribution in [0.4, 0.5) is 15.4 Å². The minimum Gasteiger partial charge on any atom is -0.497 e. The Labute approximate surface area is 238 Å². The number of anilines is 1. The first-order valence-corrected chi connectivity index (χ1v) is 13.3. The zero-order valence-corrected chi connectivity index (χ0v) is 24.1. The largest absolute Gasteiger partial charge is 0.497 e.